The molecule has 2 atom stereocenters. The Morgan fingerprint density at radius 3 is 2.65 bits per heavy atom. The van der Waals surface area contributed by atoms with Crippen molar-refractivity contribution in [3.63, 3.8) is 0 Å². The molecule has 2 amide bonds. The molecule has 6 heteroatoms. The van der Waals surface area contributed by atoms with Gasteiger partial charge in [-0.05, 0) is 42.3 Å². The van der Waals surface area contributed by atoms with Crippen molar-refractivity contribution in [2.45, 2.75) is 25.9 Å². The van der Waals surface area contributed by atoms with E-state index in [4.69, 9.17) is 4.74 Å². The molecule has 0 aromatic heterocycles. The maximum atomic E-state index is 12.9. The van der Waals surface area contributed by atoms with Crippen LogP contribution in [0.3, 0.4) is 0 Å². The monoisotopic (exact) mass is 439 g/mol. The van der Waals surface area contributed by atoms with Crippen molar-refractivity contribution < 1.29 is 9.53 Å². The molecular formula is C25H30ClN3O2. The fraction of sp³-hybridized carbons (Fsp3) is 0.320. The van der Waals surface area contributed by atoms with Gasteiger partial charge in [0.1, 0.15) is 0 Å². The highest BCUT2D eigenvalue weighted by atomic mass is 35.5. The first-order chi connectivity index (χ1) is 14.6. The van der Waals surface area contributed by atoms with Crippen LogP contribution in [0.2, 0.25) is 0 Å². The summed E-state index contributed by atoms with van der Waals surface area (Å²) >= 11 is 0. The van der Waals surface area contributed by atoms with E-state index in [-0.39, 0.29) is 30.5 Å². The van der Waals surface area contributed by atoms with Gasteiger partial charge in [-0.15, -0.1) is 12.4 Å². The van der Waals surface area contributed by atoms with Crippen molar-refractivity contribution in [3.05, 3.63) is 77.9 Å². The van der Waals surface area contributed by atoms with Gasteiger partial charge in [0.15, 0.2) is 0 Å². The van der Waals surface area contributed by atoms with Crippen molar-refractivity contribution >= 4 is 34.9 Å². The Morgan fingerprint density at radius 2 is 1.84 bits per heavy atom. The fourth-order valence-corrected chi connectivity index (χ4v) is 3.97. The van der Waals surface area contributed by atoms with Gasteiger partial charge in [-0.2, -0.15) is 0 Å². The summed E-state index contributed by atoms with van der Waals surface area (Å²) < 4.78 is 5.68. The number of nitrogens with one attached hydrogen (secondary N) is 2. The average molecular weight is 440 g/mol. The minimum atomic E-state index is -0.0771. The van der Waals surface area contributed by atoms with Gasteiger partial charge in [-0.25, -0.2) is 4.79 Å². The number of morpholine rings is 1. The van der Waals surface area contributed by atoms with E-state index in [1.807, 2.05) is 36.1 Å². The van der Waals surface area contributed by atoms with Gasteiger partial charge in [0.05, 0.1) is 19.3 Å². The molecule has 2 N–H and O–H groups in total. The molecule has 1 fully saturated rings. The molecule has 31 heavy (non-hydrogen) atoms. The Balaban J connectivity index is 0.00000272. The second-order valence-electron chi connectivity index (χ2n) is 7.92. The van der Waals surface area contributed by atoms with Crippen molar-refractivity contribution in [1.29, 1.82) is 0 Å². The average Bonchev–Trinajstić information content (AvgIpc) is 2.78. The van der Waals surface area contributed by atoms with E-state index in [1.165, 1.54) is 21.9 Å². The van der Waals surface area contributed by atoms with Gasteiger partial charge in [0.2, 0.25) is 0 Å². The largest absolute Gasteiger partial charge is 0.377 e. The second kappa shape index (κ2) is 10.6. The first-order valence-corrected chi connectivity index (χ1v) is 10.5. The van der Waals surface area contributed by atoms with Crippen LogP contribution >= 0.6 is 12.4 Å². The summed E-state index contributed by atoms with van der Waals surface area (Å²) in [6.45, 7) is 6.57. The zero-order chi connectivity index (χ0) is 20.9. The number of fused-ring (bicyclic) bond motifs is 1. The predicted octanol–water partition coefficient (Wildman–Crippen LogP) is 5.15. The molecule has 0 radical (unpaired) electrons. The van der Waals surface area contributed by atoms with E-state index >= 15 is 0 Å². The Kier molecular flexibility index (Phi) is 7.91. The number of carbonyl (C=O) groups is 1. The molecule has 1 saturated heterocycles. The third-order valence-corrected chi connectivity index (χ3v) is 5.74. The normalized spacial score (nSPS) is 17.1. The third kappa shape index (κ3) is 5.56. The Hall–Kier alpha value is -2.60. The molecule has 0 aliphatic carbocycles. The molecule has 3 aromatic rings. The summed E-state index contributed by atoms with van der Waals surface area (Å²) in [7, 11) is 0. The number of ether oxygens (including phenoxy) is 1. The van der Waals surface area contributed by atoms with Crippen molar-refractivity contribution in [1.82, 2.24) is 10.2 Å². The van der Waals surface area contributed by atoms with Gasteiger partial charge in [-0.1, -0.05) is 60.2 Å². The molecule has 0 spiro atoms. The van der Waals surface area contributed by atoms with Crippen LogP contribution in [-0.2, 0) is 4.74 Å². The minimum Gasteiger partial charge on any atom is -0.377 e. The molecule has 0 bridgehead atoms. The summed E-state index contributed by atoms with van der Waals surface area (Å²) in [5.74, 6) is 0. The molecule has 0 saturated carbocycles. The van der Waals surface area contributed by atoms with Crippen LogP contribution in [0.4, 0.5) is 10.5 Å². The maximum absolute atomic E-state index is 12.9. The summed E-state index contributed by atoms with van der Waals surface area (Å²) in [4.78, 5) is 14.8. The van der Waals surface area contributed by atoms with Gasteiger partial charge in [0.25, 0.3) is 0 Å². The Labute approximate surface area is 190 Å². The number of carbonyl (C=O) groups excluding carboxylic acids is 1. The van der Waals surface area contributed by atoms with Crippen LogP contribution in [0.1, 0.15) is 24.1 Å². The second-order valence-corrected chi connectivity index (χ2v) is 7.92. The lowest BCUT2D eigenvalue weighted by molar-refractivity contribution is 0.0151. The minimum absolute atomic E-state index is 0. The molecule has 4 rings (SSSR count). The van der Waals surface area contributed by atoms with E-state index in [2.05, 4.69) is 60.0 Å². The van der Waals surface area contributed by atoms with E-state index in [0.717, 1.165) is 5.69 Å². The van der Waals surface area contributed by atoms with Crippen molar-refractivity contribution in [2.24, 2.45) is 0 Å². The van der Waals surface area contributed by atoms with E-state index in [9.17, 15) is 4.79 Å². The number of urea groups is 1. The number of anilines is 1. The smallest absolute Gasteiger partial charge is 0.322 e. The molecule has 5 nitrogen and oxygen atoms in total. The number of aryl methyl sites for hydroxylation is 1. The number of hydrogen-bond acceptors (Lipinski definition) is 3. The zero-order valence-electron chi connectivity index (χ0n) is 18.0. The number of rotatable bonds is 5. The highest BCUT2D eigenvalue weighted by molar-refractivity contribution is 5.89. The number of halogens is 1. The highest BCUT2D eigenvalue weighted by Crippen LogP contribution is 2.24. The Morgan fingerprint density at radius 1 is 1.10 bits per heavy atom. The standard InChI is InChI=1S/C25H29N3O2.ClH/c1-18-10-12-21(13-11-18)27-25(29)28-14-15-30-17-22(28)16-26-19(2)23-9-5-7-20-6-3-4-8-24(20)23;/h3-13,19,22,26H,14-17H2,1-2H3,(H,27,29);1H/t19-,22?;/m1./s1. The van der Waals surface area contributed by atoms with Crippen LogP contribution in [0.25, 0.3) is 10.8 Å². The quantitative estimate of drug-likeness (QED) is 0.577. The van der Waals surface area contributed by atoms with Gasteiger partial charge >= 0.3 is 6.03 Å². The lowest BCUT2D eigenvalue weighted by atomic mass is 9.99. The first-order valence-electron chi connectivity index (χ1n) is 10.5. The van der Waals surface area contributed by atoms with Gasteiger partial charge in [0, 0.05) is 24.8 Å². The highest BCUT2D eigenvalue weighted by Gasteiger charge is 2.27. The number of amides is 2. The first kappa shape index (κ1) is 23.1. The summed E-state index contributed by atoms with van der Waals surface area (Å²) in [6.07, 6.45) is 0. The number of benzene rings is 3. The van der Waals surface area contributed by atoms with Crippen molar-refractivity contribution in [3.8, 4) is 0 Å². The molecule has 3 aromatic carbocycles. The molecular weight excluding hydrogens is 410 g/mol. The van der Waals surface area contributed by atoms with Crippen LogP contribution in [0, 0.1) is 6.92 Å². The van der Waals surface area contributed by atoms with Crippen LogP contribution in [-0.4, -0.2) is 43.3 Å². The third-order valence-electron chi connectivity index (χ3n) is 5.74. The number of hydrogen-bond donors (Lipinski definition) is 2. The van der Waals surface area contributed by atoms with Crippen LogP contribution in [0.15, 0.2) is 66.7 Å². The topological polar surface area (TPSA) is 53.6 Å². The lowest BCUT2D eigenvalue weighted by Gasteiger charge is -2.36. The number of nitrogens with zero attached hydrogens (tertiary/aromatic N) is 1. The molecule has 1 heterocycles. The molecule has 1 aliphatic heterocycles. The van der Waals surface area contributed by atoms with Gasteiger partial charge < -0.3 is 20.3 Å². The van der Waals surface area contributed by atoms with Gasteiger partial charge in [-0.3, -0.25) is 0 Å². The fourth-order valence-electron chi connectivity index (χ4n) is 3.97. The Bertz CT molecular complexity index is 1000. The maximum Gasteiger partial charge on any atom is 0.322 e. The predicted molar refractivity (Wildman–Crippen MR) is 129 cm³/mol. The van der Waals surface area contributed by atoms with Crippen LogP contribution < -0.4 is 10.6 Å². The molecule has 164 valence electrons. The summed E-state index contributed by atoms with van der Waals surface area (Å²) in [5.41, 5.74) is 3.25. The van der Waals surface area contributed by atoms with Crippen molar-refractivity contribution in [2.75, 3.05) is 31.6 Å². The lowest BCUT2D eigenvalue weighted by Crippen LogP contribution is -2.54. The van der Waals surface area contributed by atoms with E-state index in [0.29, 0.717) is 26.3 Å². The summed E-state index contributed by atoms with van der Waals surface area (Å²) in [6, 6.07) is 22.8. The molecule has 1 aliphatic rings. The zero-order valence-corrected chi connectivity index (χ0v) is 18.8. The SMILES string of the molecule is Cc1ccc(NC(=O)N2CCOCC2CN[C@H](C)c2cccc3ccccc23)cc1.Cl. The van der Waals surface area contributed by atoms with E-state index in [1.54, 1.807) is 0 Å². The summed E-state index contributed by atoms with van der Waals surface area (Å²) in [5, 5.41) is 9.13. The van der Waals surface area contributed by atoms with Crippen LogP contribution in [0.5, 0.6) is 0 Å². The molecule has 1 unspecified atom stereocenters. The van der Waals surface area contributed by atoms with E-state index < -0.39 is 0 Å².